The number of rotatable bonds is 3. The van der Waals surface area contributed by atoms with Crippen LogP contribution >= 0.6 is 0 Å². The fourth-order valence-corrected chi connectivity index (χ4v) is 1.06. The third kappa shape index (κ3) is 1.66. The Kier molecular flexibility index (Phi) is 2.07. The smallest absolute Gasteiger partial charge is 0.339 e. The van der Waals surface area contributed by atoms with Crippen molar-refractivity contribution in [2.75, 3.05) is 0 Å². The third-order valence-electron chi connectivity index (χ3n) is 1.90. The molecule has 1 aromatic rings. The summed E-state index contributed by atoms with van der Waals surface area (Å²) in [4.78, 5) is 14.0. The maximum absolute atomic E-state index is 13.1. The number of ether oxygens (including phenoxy) is 1. The molecule has 0 amide bonds. The lowest BCUT2D eigenvalue weighted by Gasteiger charge is -2.07. The van der Waals surface area contributed by atoms with Crippen molar-refractivity contribution in [2.45, 2.75) is 18.9 Å². The highest BCUT2D eigenvalue weighted by atomic mass is 19.1. The van der Waals surface area contributed by atoms with Gasteiger partial charge in [-0.05, 0) is 18.9 Å². The molecule has 0 spiro atoms. The molecule has 74 valence electrons. The van der Waals surface area contributed by atoms with Crippen LogP contribution in [0.2, 0.25) is 0 Å². The van der Waals surface area contributed by atoms with Crippen molar-refractivity contribution < 1.29 is 19.0 Å². The molecule has 1 N–H and O–H groups in total. The maximum atomic E-state index is 13.1. The highest BCUT2D eigenvalue weighted by molar-refractivity contribution is 5.90. The van der Waals surface area contributed by atoms with Gasteiger partial charge in [0.25, 0.3) is 5.95 Å². The number of nitrogens with zero attached hydrogens (tertiary/aromatic N) is 1. The number of hydrogen-bond acceptors (Lipinski definition) is 3. The van der Waals surface area contributed by atoms with Gasteiger partial charge in [0.2, 0.25) is 0 Å². The Morgan fingerprint density at radius 2 is 2.36 bits per heavy atom. The van der Waals surface area contributed by atoms with E-state index in [9.17, 15) is 9.18 Å². The topological polar surface area (TPSA) is 59.4 Å². The van der Waals surface area contributed by atoms with Gasteiger partial charge in [-0.15, -0.1) is 0 Å². The van der Waals surface area contributed by atoms with Crippen LogP contribution in [0.15, 0.2) is 12.3 Å². The van der Waals surface area contributed by atoms with Crippen molar-refractivity contribution in [3.8, 4) is 5.75 Å². The van der Waals surface area contributed by atoms with Crippen molar-refractivity contribution in [3.05, 3.63) is 23.8 Å². The zero-order valence-electron chi connectivity index (χ0n) is 7.24. The van der Waals surface area contributed by atoms with Crippen LogP contribution < -0.4 is 4.74 Å². The van der Waals surface area contributed by atoms with Crippen LogP contribution in [-0.4, -0.2) is 22.2 Å². The van der Waals surface area contributed by atoms with Gasteiger partial charge in [-0.3, -0.25) is 0 Å². The van der Waals surface area contributed by atoms with Gasteiger partial charge >= 0.3 is 5.97 Å². The molecule has 0 atom stereocenters. The fourth-order valence-electron chi connectivity index (χ4n) is 1.06. The van der Waals surface area contributed by atoms with Crippen molar-refractivity contribution in [1.82, 2.24) is 4.98 Å². The Morgan fingerprint density at radius 3 is 2.93 bits per heavy atom. The van der Waals surface area contributed by atoms with Crippen LogP contribution in [0.4, 0.5) is 4.39 Å². The van der Waals surface area contributed by atoms with E-state index in [1.54, 1.807) is 0 Å². The lowest BCUT2D eigenvalue weighted by atomic mass is 10.2. The van der Waals surface area contributed by atoms with Crippen LogP contribution in [0.25, 0.3) is 0 Å². The van der Waals surface area contributed by atoms with Crippen molar-refractivity contribution in [2.24, 2.45) is 0 Å². The summed E-state index contributed by atoms with van der Waals surface area (Å²) in [7, 11) is 0. The second kappa shape index (κ2) is 3.25. The van der Waals surface area contributed by atoms with Crippen LogP contribution in [0.3, 0.4) is 0 Å². The lowest BCUT2D eigenvalue weighted by Crippen LogP contribution is -2.07. The van der Waals surface area contributed by atoms with Crippen LogP contribution in [0.1, 0.15) is 23.2 Å². The number of pyridine rings is 1. The summed E-state index contributed by atoms with van der Waals surface area (Å²) in [5, 5.41) is 8.75. The van der Waals surface area contributed by atoms with Gasteiger partial charge in [-0.25, -0.2) is 9.78 Å². The molecule has 0 unspecified atom stereocenters. The van der Waals surface area contributed by atoms with Crippen LogP contribution in [-0.2, 0) is 0 Å². The van der Waals surface area contributed by atoms with Gasteiger partial charge in [-0.1, -0.05) is 0 Å². The second-order valence-corrected chi connectivity index (χ2v) is 3.10. The summed E-state index contributed by atoms with van der Waals surface area (Å²) in [6, 6.07) is 1.23. The molecule has 0 aliphatic heterocycles. The van der Waals surface area contributed by atoms with E-state index in [0.717, 1.165) is 19.0 Å². The molecule has 0 bridgehead atoms. The molecule has 2 rings (SSSR count). The molecule has 0 radical (unpaired) electrons. The Hall–Kier alpha value is -1.65. The first-order valence-electron chi connectivity index (χ1n) is 4.23. The first-order valence-corrected chi connectivity index (χ1v) is 4.23. The first-order chi connectivity index (χ1) is 6.68. The predicted octanol–water partition coefficient (Wildman–Crippen LogP) is 1.46. The molecular formula is C9H8FNO3. The Morgan fingerprint density at radius 1 is 1.64 bits per heavy atom. The molecule has 1 fully saturated rings. The largest absolute Gasteiger partial charge is 0.485 e. The number of aromatic carboxylic acids is 1. The van der Waals surface area contributed by atoms with E-state index in [1.165, 1.54) is 6.07 Å². The highest BCUT2D eigenvalue weighted by Crippen LogP contribution is 2.30. The molecule has 1 heterocycles. The number of hydrogen-bond donors (Lipinski definition) is 1. The van der Waals surface area contributed by atoms with Crippen molar-refractivity contribution in [3.63, 3.8) is 0 Å². The molecule has 1 aliphatic carbocycles. The Balaban J connectivity index is 2.36. The SMILES string of the molecule is O=C(O)c1ccnc(F)c1OC1CC1. The van der Waals surface area contributed by atoms with Gasteiger partial charge in [0.15, 0.2) is 5.75 Å². The Bertz CT molecular complexity index is 376. The summed E-state index contributed by atoms with van der Waals surface area (Å²) >= 11 is 0. The van der Waals surface area contributed by atoms with Crippen molar-refractivity contribution >= 4 is 5.97 Å². The van der Waals surface area contributed by atoms with E-state index < -0.39 is 11.9 Å². The third-order valence-corrected chi connectivity index (χ3v) is 1.90. The molecule has 14 heavy (non-hydrogen) atoms. The summed E-state index contributed by atoms with van der Waals surface area (Å²) in [5.74, 6) is -2.32. The van der Waals surface area contributed by atoms with Crippen molar-refractivity contribution in [1.29, 1.82) is 0 Å². The van der Waals surface area contributed by atoms with Crippen LogP contribution in [0.5, 0.6) is 5.75 Å². The van der Waals surface area contributed by atoms with E-state index in [2.05, 4.69) is 4.98 Å². The first kappa shape index (κ1) is 8.93. The zero-order chi connectivity index (χ0) is 10.1. The van der Waals surface area contributed by atoms with Crippen LogP contribution in [0, 0.1) is 5.95 Å². The van der Waals surface area contributed by atoms with E-state index in [4.69, 9.17) is 9.84 Å². The van der Waals surface area contributed by atoms with Gasteiger partial charge in [-0.2, -0.15) is 4.39 Å². The van der Waals surface area contributed by atoms with E-state index in [0.29, 0.717) is 0 Å². The minimum Gasteiger partial charge on any atom is -0.485 e. The predicted molar refractivity (Wildman–Crippen MR) is 44.8 cm³/mol. The molecule has 1 aliphatic rings. The average molecular weight is 197 g/mol. The minimum atomic E-state index is -1.21. The molecular weight excluding hydrogens is 189 g/mol. The summed E-state index contributed by atoms with van der Waals surface area (Å²) < 4.78 is 18.2. The van der Waals surface area contributed by atoms with Gasteiger partial charge in [0.05, 0.1) is 6.10 Å². The minimum absolute atomic E-state index is 0.0493. The van der Waals surface area contributed by atoms with Gasteiger partial charge < -0.3 is 9.84 Å². The number of aromatic nitrogens is 1. The fraction of sp³-hybridized carbons (Fsp3) is 0.333. The van der Waals surface area contributed by atoms with Gasteiger partial charge in [0.1, 0.15) is 5.56 Å². The van der Waals surface area contributed by atoms with E-state index in [-0.39, 0.29) is 17.4 Å². The van der Waals surface area contributed by atoms with Gasteiger partial charge in [0, 0.05) is 6.20 Å². The summed E-state index contributed by atoms with van der Waals surface area (Å²) in [6.07, 6.45) is 2.74. The molecule has 1 aromatic heterocycles. The number of carboxylic acids is 1. The maximum Gasteiger partial charge on any atom is 0.339 e. The number of carbonyl (C=O) groups is 1. The standard InChI is InChI=1S/C9H8FNO3/c10-8-7(14-5-1-2-5)6(9(12)13)3-4-11-8/h3-5H,1-2H2,(H,12,13). The van der Waals surface area contributed by atoms with E-state index in [1.807, 2.05) is 0 Å². The molecule has 0 saturated heterocycles. The second-order valence-electron chi connectivity index (χ2n) is 3.10. The molecule has 0 aromatic carbocycles. The zero-order valence-corrected chi connectivity index (χ0v) is 7.24. The highest BCUT2D eigenvalue weighted by Gasteiger charge is 2.27. The summed E-state index contributed by atoms with van der Waals surface area (Å²) in [5.41, 5.74) is -0.176. The molecule has 1 saturated carbocycles. The number of halogens is 1. The molecule has 5 heteroatoms. The normalized spacial score (nSPS) is 15.2. The summed E-state index contributed by atoms with van der Waals surface area (Å²) in [6.45, 7) is 0. The monoisotopic (exact) mass is 197 g/mol. The quantitative estimate of drug-likeness (QED) is 0.745. The lowest BCUT2D eigenvalue weighted by molar-refractivity contribution is 0.0690. The average Bonchev–Trinajstić information content (AvgIpc) is 2.91. The molecule has 4 nitrogen and oxygen atoms in total. The number of carboxylic acid groups (broad SMARTS) is 1. The van der Waals surface area contributed by atoms with E-state index >= 15 is 0 Å². The Labute approximate surface area is 79.3 Å².